The van der Waals surface area contributed by atoms with Gasteiger partial charge in [0.2, 0.25) is 0 Å². The van der Waals surface area contributed by atoms with Gasteiger partial charge in [-0.3, -0.25) is 0 Å². The van der Waals surface area contributed by atoms with E-state index in [9.17, 15) is 13.6 Å². The highest BCUT2D eigenvalue weighted by atomic mass is 19.3. The van der Waals surface area contributed by atoms with E-state index in [4.69, 9.17) is 9.84 Å². The van der Waals surface area contributed by atoms with E-state index < -0.39 is 30.9 Å². The standard InChI is InChI=1S/C14H17F2NO3/c15-14(16)6-12(8-18)7-17(10-14)13(19)20-9-11-4-2-1-3-5-11/h1-5,12,18H,6-10H2. The maximum Gasteiger partial charge on any atom is 0.410 e. The maximum absolute atomic E-state index is 13.5. The summed E-state index contributed by atoms with van der Waals surface area (Å²) in [6.45, 7) is -0.875. The SMILES string of the molecule is O=C(OCc1ccccc1)N1CC(CO)CC(F)(F)C1. The summed E-state index contributed by atoms with van der Waals surface area (Å²) in [7, 11) is 0. The number of alkyl halides is 2. The highest BCUT2D eigenvalue weighted by Crippen LogP contribution is 2.30. The van der Waals surface area contributed by atoms with Gasteiger partial charge in [0.05, 0.1) is 6.54 Å². The van der Waals surface area contributed by atoms with Gasteiger partial charge in [-0.25, -0.2) is 13.6 Å². The van der Waals surface area contributed by atoms with E-state index >= 15 is 0 Å². The summed E-state index contributed by atoms with van der Waals surface area (Å²) in [5, 5.41) is 9.02. The van der Waals surface area contributed by atoms with Crippen LogP contribution in [0.15, 0.2) is 30.3 Å². The maximum atomic E-state index is 13.5. The minimum absolute atomic E-state index is 0.0472. The molecule has 6 heteroatoms. The second-order valence-corrected chi connectivity index (χ2v) is 5.03. The lowest BCUT2D eigenvalue weighted by Gasteiger charge is -2.36. The van der Waals surface area contributed by atoms with Crippen molar-refractivity contribution in [2.75, 3.05) is 19.7 Å². The molecular weight excluding hydrogens is 268 g/mol. The Labute approximate surface area is 116 Å². The van der Waals surface area contributed by atoms with Gasteiger partial charge < -0.3 is 14.7 Å². The summed E-state index contributed by atoms with van der Waals surface area (Å²) in [6.07, 6.45) is -1.17. The first-order valence-electron chi connectivity index (χ1n) is 6.44. The molecule has 1 unspecified atom stereocenters. The van der Waals surface area contributed by atoms with E-state index in [1.807, 2.05) is 6.07 Å². The van der Waals surface area contributed by atoms with Crippen LogP contribution in [0, 0.1) is 5.92 Å². The number of ether oxygens (including phenoxy) is 1. The third-order valence-corrected chi connectivity index (χ3v) is 3.21. The number of hydrogen-bond donors (Lipinski definition) is 1. The van der Waals surface area contributed by atoms with Gasteiger partial charge in [0, 0.05) is 25.5 Å². The predicted octanol–water partition coefficient (Wildman–Crippen LogP) is 2.27. The van der Waals surface area contributed by atoms with E-state index in [0.717, 1.165) is 10.5 Å². The van der Waals surface area contributed by atoms with E-state index in [1.165, 1.54) is 0 Å². The number of benzene rings is 1. The number of piperidine rings is 1. The molecule has 1 aromatic rings. The van der Waals surface area contributed by atoms with Crippen LogP contribution in [0.5, 0.6) is 0 Å². The number of hydrogen-bond acceptors (Lipinski definition) is 3. The smallest absolute Gasteiger partial charge is 0.410 e. The summed E-state index contributed by atoms with van der Waals surface area (Å²) in [4.78, 5) is 12.8. The van der Waals surface area contributed by atoms with Gasteiger partial charge in [-0.15, -0.1) is 0 Å². The van der Waals surface area contributed by atoms with Crippen molar-refractivity contribution >= 4 is 6.09 Å². The Balaban J connectivity index is 1.91. The Bertz CT molecular complexity index is 453. The molecule has 0 saturated carbocycles. The third-order valence-electron chi connectivity index (χ3n) is 3.21. The molecule has 1 aromatic carbocycles. The molecule has 0 bridgehead atoms. The van der Waals surface area contributed by atoms with Crippen LogP contribution in [0.25, 0.3) is 0 Å². The monoisotopic (exact) mass is 285 g/mol. The van der Waals surface area contributed by atoms with E-state index in [-0.39, 0.29) is 19.8 Å². The van der Waals surface area contributed by atoms with Crippen molar-refractivity contribution in [3.63, 3.8) is 0 Å². The summed E-state index contributed by atoms with van der Waals surface area (Å²) in [6, 6.07) is 9.02. The first-order valence-corrected chi connectivity index (χ1v) is 6.44. The Kier molecular flexibility index (Phi) is 4.54. The Hall–Kier alpha value is -1.69. The molecule has 4 nitrogen and oxygen atoms in total. The van der Waals surface area contributed by atoms with Crippen molar-refractivity contribution in [3.8, 4) is 0 Å². The van der Waals surface area contributed by atoms with Gasteiger partial charge in [-0.05, 0) is 5.56 Å². The molecule has 20 heavy (non-hydrogen) atoms. The van der Waals surface area contributed by atoms with Gasteiger partial charge >= 0.3 is 6.09 Å². The van der Waals surface area contributed by atoms with Crippen LogP contribution in [0.3, 0.4) is 0 Å². The van der Waals surface area contributed by atoms with Crippen LogP contribution in [-0.4, -0.2) is 41.7 Å². The molecular formula is C14H17F2NO3. The lowest BCUT2D eigenvalue weighted by Crippen LogP contribution is -2.50. The summed E-state index contributed by atoms with van der Waals surface area (Å²) < 4.78 is 31.9. The molecule has 1 atom stereocenters. The van der Waals surface area contributed by atoms with Gasteiger partial charge in [-0.1, -0.05) is 30.3 Å². The number of amides is 1. The first kappa shape index (κ1) is 14.7. The second-order valence-electron chi connectivity index (χ2n) is 5.03. The average molecular weight is 285 g/mol. The molecule has 1 N–H and O–H groups in total. The fourth-order valence-electron chi connectivity index (χ4n) is 2.28. The van der Waals surface area contributed by atoms with Gasteiger partial charge in [0.25, 0.3) is 5.92 Å². The molecule has 0 radical (unpaired) electrons. The first-order chi connectivity index (χ1) is 9.50. The number of halogens is 2. The molecule has 110 valence electrons. The Morgan fingerprint density at radius 1 is 1.40 bits per heavy atom. The molecule has 1 fully saturated rings. The van der Waals surface area contributed by atoms with Crippen LogP contribution in [0.1, 0.15) is 12.0 Å². The molecule has 1 aliphatic rings. The summed E-state index contributed by atoms with van der Waals surface area (Å²) in [5.41, 5.74) is 0.795. The lowest BCUT2D eigenvalue weighted by atomic mass is 9.96. The highest BCUT2D eigenvalue weighted by Gasteiger charge is 2.42. The number of likely N-dealkylation sites (tertiary alicyclic amines) is 1. The number of aliphatic hydroxyl groups excluding tert-OH is 1. The van der Waals surface area contributed by atoms with Crippen LogP contribution >= 0.6 is 0 Å². The van der Waals surface area contributed by atoms with Crippen molar-refractivity contribution in [3.05, 3.63) is 35.9 Å². The third kappa shape index (κ3) is 3.90. The van der Waals surface area contributed by atoms with Gasteiger partial charge in [-0.2, -0.15) is 0 Å². The quantitative estimate of drug-likeness (QED) is 0.927. The van der Waals surface area contributed by atoms with Crippen LogP contribution in [-0.2, 0) is 11.3 Å². The fraction of sp³-hybridized carbons (Fsp3) is 0.500. The van der Waals surface area contributed by atoms with Crippen LogP contribution in [0.4, 0.5) is 13.6 Å². The largest absolute Gasteiger partial charge is 0.445 e. The minimum Gasteiger partial charge on any atom is -0.445 e. The van der Waals surface area contributed by atoms with E-state index in [0.29, 0.717) is 0 Å². The minimum atomic E-state index is -2.97. The van der Waals surface area contributed by atoms with Crippen molar-refractivity contribution in [2.45, 2.75) is 19.0 Å². The molecule has 0 aliphatic carbocycles. The molecule has 0 aromatic heterocycles. The Morgan fingerprint density at radius 2 is 2.10 bits per heavy atom. The second kappa shape index (κ2) is 6.17. The summed E-state index contributed by atoms with van der Waals surface area (Å²) in [5.74, 6) is -3.58. The van der Waals surface area contributed by atoms with Crippen molar-refractivity contribution in [2.24, 2.45) is 5.92 Å². The van der Waals surface area contributed by atoms with Crippen molar-refractivity contribution in [1.82, 2.24) is 4.90 Å². The summed E-state index contributed by atoms with van der Waals surface area (Å²) >= 11 is 0. The van der Waals surface area contributed by atoms with E-state index in [2.05, 4.69) is 0 Å². The molecule has 0 spiro atoms. The zero-order valence-corrected chi connectivity index (χ0v) is 11.0. The molecule has 1 amide bonds. The highest BCUT2D eigenvalue weighted by molar-refractivity contribution is 5.68. The van der Waals surface area contributed by atoms with Gasteiger partial charge in [0.1, 0.15) is 6.61 Å². The fourth-order valence-corrected chi connectivity index (χ4v) is 2.28. The normalized spacial score (nSPS) is 21.6. The van der Waals surface area contributed by atoms with Crippen LogP contribution in [0.2, 0.25) is 0 Å². The molecule has 1 aliphatic heterocycles. The number of aliphatic hydroxyl groups is 1. The number of nitrogens with zero attached hydrogens (tertiary/aromatic N) is 1. The van der Waals surface area contributed by atoms with Crippen molar-refractivity contribution in [1.29, 1.82) is 0 Å². The van der Waals surface area contributed by atoms with Crippen molar-refractivity contribution < 1.29 is 23.4 Å². The van der Waals surface area contributed by atoms with Crippen LogP contribution < -0.4 is 0 Å². The molecule has 1 heterocycles. The number of carbonyl (C=O) groups is 1. The predicted molar refractivity (Wildman–Crippen MR) is 68.3 cm³/mol. The zero-order chi connectivity index (χ0) is 14.6. The van der Waals surface area contributed by atoms with Gasteiger partial charge in [0.15, 0.2) is 0 Å². The Morgan fingerprint density at radius 3 is 2.75 bits per heavy atom. The average Bonchev–Trinajstić information content (AvgIpc) is 2.44. The lowest BCUT2D eigenvalue weighted by molar-refractivity contribution is -0.0874. The zero-order valence-electron chi connectivity index (χ0n) is 11.0. The number of carbonyl (C=O) groups excluding carboxylic acids is 1. The molecule has 2 rings (SSSR count). The topological polar surface area (TPSA) is 49.8 Å². The number of rotatable bonds is 3. The van der Waals surface area contributed by atoms with E-state index in [1.54, 1.807) is 24.3 Å². The molecule has 1 saturated heterocycles.